The zero-order valence-corrected chi connectivity index (χ0v) is 12.5. The van der Waals surface area contributed by atoms with Crippen LogP contribution >= 0.6 is 11.6 Å². The Labute approximate surface area is 127 Å². The SMILES string of the molecule is CCN(Cc1ccc(Cl)nc1)c1nc(C)ccc1[N+](=O)[O-]. The van der Waals surface area contributed by atoms with Crippen molar-refractivity contribution in [1.82, 2.24) is 9.97 Å². The molecule has 0 N–H and O–H groups in total. The van der Waals surface area contributed by atoms with E-state index in [1.807, 2.05) is 24.8 Å². The van der Waals surface area contributed by atoms with Crippen molar-refractivity contribution in [2.24, 2.45) is 0 Å². The summed E-state index contributed by atoms with van der Waals surface area (Å²) in [6.45, 7) is 4.82. The van der Waals surface area contributed by atoms with E-state index in [2.05, 4.69) is 9.97 Å². The maximum atomic E-state index is 11.2. The van der Waals surface area contributed by atoms with Crippen LogP contribution in [0.5, 0.6) is 0 Å². The van der Waals surface area contributed by atoms with E-state index in [4.69, 9.17) is 11.6 Å². The molecule has 0 aromatic carbocycles. The van der Waals surface area contributed by atoms with Crippen LogP contribution in [0.25, 0.3) is 0 Å². The number of anilines is 1. The van der Waals surface area contributed by atoms with Crippen molar-refractivity contribution in [3.8, 4) is 0 Å². The van der Waals surface area contributed by atoms with Crippen molar-refractivity contribution in [3.05, 3.63) is 57.0 Å². The maximum absolute atomic E-state index is 11.2. The molecular weight excluding hydrogens is 292 g/mol. The van der Waals surface area contributed by atoms with Crippen LogP contribution < -0.4 is 4.90 Å². The Hall–Kier alpha value is -2.21. The summed E-state index contributed by atoms with van der Waals surface area (Å²) in [7, 11) is 0. The lowest BCUT2D eigenvalue weighted by atomic mass is 10.2. The van der Waals surface area contributed by atoms with E-state index in [0.29, 0.717) is 24.1 Å². The summed E-state index contributed by atoms with van der Waals surface area (Å²) in [5, 5.41) is 11.6. The molecular formula is C14H15ClN4O2. The van der Waals surface area contributed by atoms with Gasteiger partial charge in [-0.1, -0.05) is 17.7 Å². The first-order valence-corrected chi connectivity index (χ1v) is 6.86. The summed E-state index contributed by atoms with van der Waals surface area (Å²) >= 11 is 5.76. The number of nitro groups is 1. The fourth-order valence-corrected chi connectivity index (χ4v) is 2.08. The van der Waals surface area contributed by atoms with Crippen molar-refractivity contribution in [2.75, 3.05) is 11.4 Å². The van der Waals surface area contributed by atoms with Crippen molar-refractivity contribution in [1.29, 1.82) is 0 Å². The van der Waals surface area contributed by atoms with E-state index in [1.54, 1.807) is 18.3 Å². The largest absolute Gasteiger partial charge is 0.347 e. The quantitative estimate of drug-likeness (QED) is 0.481. The van der Waals surface area contributed by atoms with Gasteiger partial charge in [-0.15, -0.1) is 0 Å². The van der Waals surface area contributed by atoms with Crippen molar-refractivity contribution >= 4 is 23.1 Å². The molecule has 110 valence electrons. The van der Waals surface area contributed by atoms with Gasteiger partial charge in [0.1, 0.15) is 5.15 Å². The number of hydrogen-bond donors (Lipinski definition) is 0. The summed E-state index contributed by atoms with van der Waals surface area (Å²) in [6, 6.07) is 6.67. The van der Waals surface area contributed by atoms with Crippen LogP contribution in [0.1, 0.15) is 18.2 Å². The Morgan fingerprint density at radius 1 is 1.33 bits per heavy atom. The molecule has 6 nitrogen and oxygen atoms in total. The topological polar surface area (TPSA) is 72.2 Å². The Morgan fingerprint density at radius 3 is 2.67 bits per heavy atom. The monoisotopic (exact) mass is 306 g/mol. The second-order valence-electron chi connectivity index (χ2n) is 4.56. The van der Waals surface area contributed by atoms with Crippen molar-refractivity contribution in [3.63, 3.8) is 0 Å². The number of hydrogen-bond acceptors (Lipinski definition) is 5. The molecule has 0 aliphatic rings. The van der Waals surface area contributed by atoms with Gasteiger partial charge in [-0.25, -0.2) is 9.97 Å². The molecule has 0 saturated heterocycles. The lowest BCUT2D eigenvalue weighted by Gasteiger charge is -2.22. The summed E-state index contributed by atoms with van der Waals surface area (Å²) < 4.78 is 0. The lowest BCUT2D eigenvalue weighted by molar-refractivity contribution is -0.384. The van der Waals surface area contributed by atoms with Gasteiger partial charge in [-0.3, -0.25) is 10.1 Å². The molecule has 0 atom stereocenters. The highest BCUT2D eigenvalue weighted by Gasteiger charge is 2.20. The van der Waals surface area contributed by atoms with E-state index >= 15 is 0 Å². The minimum atomic E-state index is -0.412. The third-order valence-corrected chi connectivity index (χ3v) is 3.26. The Kier molecular flexibility index (Phi) is 4.70. The first kappa shape index (κ1) is 15.2. The number of halogens is 1. The lowest BCUT2D eigenvalue weighted by Crippen LogP contribution is -2.24. The summed E-state index contributed by atoms with van der Waals surface area (Å²) in [5.74, 6) is 0.373. The third-order valence-electron chi connectivity index (χ3n) is 3.03. The summed E-state index contributed by atoms with van der Waals surface area (Å²) in [6.07, 6.45) is 1.66. The number of aromatic nitrogens is 2. The molecule has 0 fully saturated rings. The van der Waals surface area contributed by atoms with E-state index in [0.717, 1.165) is 11.3 Å². The number of rotatable bonds is 5. The molecule has 0 aliphatic carbocycles. The molecule has 0 amide bonds. The van der Waals surface area contributed by atoms with E-state index in [-0.39, 0.29) is 5.69 Å². The van der Waals surface area contributed by atoms with Gasteiger partial charge in [0.25, 0.3) is 0 Å². The normalized spacial score (nSPS) is 10.4. The van der Waals surface area contributed by atoms with Crippen LogP contribution in [-0.4, -0.2) is 21.4 Å². The minimum absolute atomic E-state index is 0.00405. The van der Waals surface area contributed by atoms with Gasteiger partial charge in [0, 0.05) is 31.0 Å². The highest BCUT2D eigenvalue weighted by molar-refractivity contribution is 6.29. The Morgan fingerprint density at radius 2 is 2.10 bits per heavy atom. The zero-order chi connectivity index (χ0) is 15.4. The zero-order valence-electron chi connectivity index (χ0n) is 11.8. The third kappa shape index (κ3) is 3.66. The van der Waals surface area contributed by atoms with Crippen LogP contribution in [0.15, 0.2) is 30.5 Å². The Bertz CT molecular complexity index is 646. The fourth-order valence-electron chi connectivity index (χ4n) is 1.97. The number of pyridine rings is 2. The predicted molar refractivity (Wildman–Crippen MR) is 81.6 cm³/mol. The van der Waals surface area contributed by atoms with E-state index < -0.39 is 4.92 Å². The molecule has 21 heavy (non-hydrogen) atoms. The highest BCUT2D eigenvalue weighted by atomic mass is 35.5. The second kappa shape index (κ2) is 6.49. The molecule has 7 heteroatoms. The molecule has 0 unspecified atom stereocenters. The van der Waals surface area contributed by atoms with E-state index in [1.165, 1.54) is 6.07 Å². The van der Waals surface area contributed by atoms with Crippen LogP contribution in [0.4, 0.5) is 11.5 Å². The molecule has 0 aliphatic heterocycles. The minimum Gasteiger partial charge on any atom is -0.347 e. The van der Waals surface area contributed by atoms with E-state index in [9.17, 15) is 10.1 Å². The van der Waals surface area contributed by atoms with Crippen LogP contribution in [0.3, 0.4) is 0 Å². The average molecular weight is 307 g/mol. The molecule has 0 radical (unpaired) electrons. The van der Waals surface area contributed by atoms with Gasteiger partial charge in [0.05, 0.1) is 4.92 Å². The highest BCUT2D eigenvalue weighted by Crippen LogP contribution is 2.27. The smallest absolute Gasteiger partial charge is 0.311 e. The maximum Gasteiger partial charge on any atom is 0.311 e. The Balaban J connectivity index is 2.34. The standard InChI is InChI=1S/C14H15ClN4O2/c1-3-18(9-11-5-7-13(15)16-8-11)14-12(19(20)21)6-4-10(2)17-14/h4-8H,3,9H2,1-2H3. The predicted octanol–water partition coefficient (Wildman–Crippen LogP) is 3.37. The molecule has 0 bridgehead atoms. The van der Waals surface area contributed by atoms with Crippen LogP contribution in [-0.2, 0) is 6.54 Å². The first-order chi connectivity index (χ1) is 10.0. The van der Waals surface area contributed by atoms with Gasteiger partial charge in [0.15, 0.2) is 0 Å². The summed E-state index contributed by atoms with van der Waals surface area (Å²) in [5.41, 5.74) is 1.66. The van der Waals surface area contributed by atoms with Crippen molar-refractivity contribution in [2.45, 2.75) is 20.4 Å². The van der Waals surface area contributed by atoms with Crippen LogP contribution in [0, 0.1) is 17.0 Å². The number of aryl methyl sites for hydroxylation is 1. The molecule has 0 spiro atoms. The van der Waals surface area contributed by atoms with Crippen LogP contribution in [0.2, 0.25) is 5.15 Å². The molecule has 2 heterocycles. The van der Waals surface area contributed by atoms with Gasteiger partial charge < -0.3 is 4.90 Å². The first-order valence-electron chi connectivity index (χ1n) is 6.48. The van der Waals surface area contributed by atoms with Gasteiger partial charge in [-0.05, 0) is 31.5 Å². The molecule has 2 aromatic rings. The molecule has 0 saturated carbocycles. The van der Waals surface area contributed by atoms with Gasteiger partial charge in [-0.2, -0.15) is 0 Å². The average Bonchev–Trinajstić information content (AvgIpc) is 2.46. The number of nitrogens with zero attached hydrogens (tertiary/aromatic N) is 4. The van der Waals surface area contributed by atoms with Gasteiger partial charge in [0.2, 0.25) is 5.82 Å². The van der Waals surface area contributed by atoms with Crippen molar-refractivity contribution < 1.29 is 4.92 Å². The molecule has 2 aromatic heterocycles. The van der Waals surface area contributed by atoms with Gasteiger partial charge >= 0.3 is 5.69 Å². The molecule has 2 rings (SSSR count). The summed E-state index contributed by atoms with van der Waals surface area (Å²) in [4.78, 5) is 20.9. The second-order valence-corrected chi connectivity index (χ2v) is 4.94. The fraction of sp³-hybridized carbons (Fsp3) is 0.286.